The van der Waals surface area contributed by atoms with Crippen LogP contribution in [0.15, 0.2) is 15.5 Å². The largest absolute Gasteiger partial charge is 0.427 e. The minimum atomic E-state index is -0.638. The van der Waals surface area contributed by atoms with Gasteiger partial charge in [0.2, 0.25) is 13.9 Å². The van der Waals surface area contributed by atoms with E-state index in [1.807, 2.05) is 0 Å². The lowest BCUT2D eigenvalue weighted by molar-refractivity contribution is 0.0286. The number of aromatic nitrogens is 1. The minimum absolute atomic E-state index is 0.153. The van der Waals surface area contributed by atoms with E-state index >= 15 is 0 Å². The van der Waals surface area contributed by atoms with Gasteiger partial charge in [0.05, 0.1) is 12.0 Å². The van der Waals surface area contributed by atoms with Gasteiger partial charge in [0, 0.05) is 7.11 Å². The minimum Gasteiger partial charge on any atom is -0.418 e. The Hall–Kier alpha value is -1.50. The molecule has 0 aliphatic heterocycles. The monoisotopic (exact) mass is 308 g/mol. The average molecular weight is 308 g/mol. The molecular weight excluding hydrogens is 283 g/mol. The summed E-state index contributed by atoms with van der Waals surface area (Å²) in [7, 11) is 3.31. The fourth-order valence-corrected chi connectivity index (χ4v) is 2.87. The molecule has 1 fully saturated rings. The van der Waals surface area contributed by atoms with Crippen LogP contribution in [-0.2, 0) is 4.74 Å². The Labute approximate surface area is 131 Å². The first-order valence-corrected chi connectivity index (χ1v) is 8.07. The van der Waals surface area contributed by atoms with Crippen molar-refractivity contribution in [1.82, 2.24) is 4.57 Å². The average Bonchev–Trinajstić information content (AvgIpc) is 3.26. The molecule has 122 valence electrons. The van der Waals surface area contributed by atoms with Crippen molar-refractivity contribution in [2.45, 2.75) is 51.6 Å². The summed E-state index contributed by atoms with van der Waals surface area (Å²) in [5.74, 6) is -0.195. The Morgan fingerprint density at radius 3 is 2.86 bits per heavy atom. The predicted octanol–water partition coefficient (Wildman–Crippen LogP) is 1.66. The number of hydrogen-bond donors (Lipinski definition) is 1. The molecule has 6 nitrogen and oxygen atoms in total. The highest BCUT2D eigenvalue weighted by Gasteiger charge is 2.36. The van der Waals surface area contributed by atoms with Crippen LogP contribution in [0.1, 0.15) is 50.2 Å². The van der Waals surface area contributed by atoms with E-state index in [2.05, 4.69) is 12.2 Å². The second-order valence-electron chi connectivity index (χ2n) is 6.01. The van der Waals surface area contributed by atoms with Crippen LogP contribution in [-0.4, -0.2) is 31.7 Å². The highest BCUT2D eigenvalue weighted by Crippen LogP contribution is 2.38. The molecule has 0 spiro atoms. The Morgan fingerprint density at radius 2 is 2.32 bits per heavy atom. The van der Waals surface area contributed by atoms with Gasteiger partial charge in [0.15, 0.2) is 0 Å². The van der Waals surface area contributed by atoms with Gasteiger partial charge in [0.1, 0.15) is 12.1 Å². The first-order valence-electron chi connectivity index (χ1n) is 8.07. The van der Waals surface area contributed by atoms with Crippen molar-refractivity contribution >= 4 is 19.7 Å². The van der Waals surface area contributed by atoms with E-state index in [4.69, 9.17) is 9.15 Å². The van der Waals surface area contributed by atoms with E-state index in [1.165, 1.54) is 6.26 Å². The number of carbonyl (C=O) groups is 1. The van der Waals surface area contributed by atoms with Gasteiger partial charge >= 0.3 is 5.76 Å². The summed E-state index contributed by atoms with van der Waals surface area (Å²) in [6.07, 6.45) is 7.12. The summed E-state index contributed by atoms with van der Waals surface area (Å²) in [5, 5.41) is 2.83. The Balaban J connectivity index is 2.24. The van der Waals surface area contributed by atoms with Gasteiger partial charge in [-0.05, 0) is 18.8 Å². The second kappa shape index (κ2) is 7.67. The molecule has 1 aromatic rings. The molecule has 1 N–H and O–H groups in total. The first kappa shape index (κ1) is 16.9. The van der Waals surface area contributed by atoms with Gasteiger partial charge in [-0.1, -0.05) is 32.6 Å². The number of anilines is 1. The third-order valence-corrected chi connectivity index (χ3v) is 4.37. The Morgan fingerprint density at radius 1 is 1.59 bits per heavy atom. The standard InChI is InChI=1S/C15H25BN2O4/c1-3-4-5-12(21-2)11(8-10-6-7-10)14(19)18-13(17-16)9-22-15(18)20/h9-12,17H,3-8,16H2,1-2H3/t11-,12?/m1/s1. The van der Waals surface area contributed by atoms with E-state index in [9.17, 15) is 9.59 Å². The number of unbranched alkanes of at least 4 members (excludes halogenated alkanes) is 1. The van der Waals surface area contributed by atoms with E-state index in [0.717, 1.165) is 43.1 Å². The molecule has 1 heterocycles. The SMILES string of the molecule is BNc1coc(=O)n1C(=O)[C@H](CC1CC1)C(CCCC)OC. The quantitative estimate of drug-likeness (QED) is 0.702. The fourth-order valence-electron chi connectivity index (χ4n) is 2.87. The third kappa shape index (κ3) is 3.82. The van der Waals surface area contributed by atoms with Crippen molar-refractivity contribution < 1.29 is 13.9 Å². The number of ether oxygens (including phenoxy) is 1. The summed E-state index contributed by atoms with van der Waals surface area (Å²) in [4.78, 5) is 24.8. The maximum atomic E-state index is 12.9. The smallest absolute Gasteiger partial charge is 0.418 e. The number of oxazole rings is 1. The van der Waals surface area contributed by atoms with Crippen LogP contribution in [0.2, 0.25) is 0 Å². The number of carbonyl (C=O) groups excluding carboxylic acids is 1. The summed E-state index contributed by atoms with van der Waals surface area (Å²) in [5.41, 5.74) is 0. The normalized spacial score (nSPS) is 17.2. The number of nitrogens with one attached hydrogen (secondary N) is 1. The van der Waals surface area contributed by atoms with Crippen LogP contribution < -0.4 is 11.0 Å². The van der Waals surface area contributed by atoms with Crippen LogP contribution in [0.25, 0.3) is 0 Å². The maximum absolute atomic E-state index is 12.9. The summed E-state index contributed by atoms with van der Waals surface area (Å²) in [6.45, 7) is 2.12. The number of nitrogens with zero attached hydrogens (tertiary/aromatic N) is 1. The van der Waals surface area contributed by atoms with Crippen LogP contribution in [0.5, 0.6) is 0 Å². The molecule has 0 amide bonds. The Bertz CT molecular complexity index is 550. The molecule has 1 saturated carbocycles. The van der Waals surface area contributed by atoms with Crippen LogP contribution in [0.4, 0.5) is 5.82 Å². The molecule has 1 aliphatic carbocycles. The van der Waals surface area contributed by atoms with Gasteiger partial charge in [-0.3, -0.25) is 4.79 Å². The zero-order chi connectivity index (χ0) is 16.1. The van der Waals surface area contributed by atoms with Crippen molar-refractivity contribution in [3.63, 3.8) is 0 Å². The van der Waals surface area contributed by atoms with Crippen molar-refractivity contribution in [2.75, 3.05) is 12.3 Å². The molecule has 7 heteroatoms. The molecule has 0 radical (unpaired) electrons. The van der Waals surface area contributed by atoms with Crippen molar-refractivity contribution in [1.29, 1.82) is 0 Å². The highest BCUT2D eigenvalue weighted by molar-refractivity contribution is 6.15. The number of methoxy groups -OCH3 is 1. The molecule has 2 atom stereocenters. The maximum Gasteiger partial charge on any atom is 0.427 e. The zero-order valence-corrected chi connectivity index (χ0v) is 13.6. The van der Waals surface area contributed by atoms with Gasteiger partial charge < -0.3 is 14.4 Å². The van der Waals surface area contributed by atoms with E-state index in [1.54, 1.807) is 15.1 Å². The van der Waals surface area contributed by atoms with E-state index in [0.29, 0.717) is 11.7 Å². The van der Waals surface area contributed by atoms with Crippen molar-refractivity contribution in [3.05, 3.63) is 16.8 Å². The topological polar surface area (TPSA) is 73.5 Å². The van der Waals surface area contributed by atoms with E-state index in [-0.39, 0.29) is 17.9 Å². The van der Waals surface area contributed by atoms with Gasteiger partial charge in [-0.15, -0.1) is 0 Å². The van der Waals surface area contributed by atoms with Crippen molar-refractivity contribution in [3.8, 4) is 0 Å². The molecule has 1 aromatic heterocycles. The molecule has 1 unspecified atom stereocenters. The fraction of sp³-hybridized carbons (Fsp3) is 0.733. The van der Waals surface area contributed by atoms with Gasteiger partial charge in [-0.25, -0.2) is 4.79 Å². The summed E-state index contributed by atoms with van der Waals surface area (Å²) >= 11 is 0. The summed E-state index contributed by atoms with van der Waals surface area (Å²) in [6, 6.07) is 0. The lowest BCUT2D eigenvalue weighted by Crippen LogP contribution is -2.38. The predicted molar refractivity (Wildman–Crippen MR) is 86.9 cm³/mol. The first-order chi connectivity index (χ1) is 10.6. The van der Waals surface area contributed by atoms with Crippen LogP contribution >= 0.6 is 0 Å². The molecule has 22 heavy (non-hydrogen) atoms. The molecule has 1 aliphatic rings. The highest BCUT2D eigenvalue weighted by atomic mass is 16.5. The zero-order valence-electron chi connectivity index (χ0n) is 13.6. The van der Waals surface area contributed by atoms with E-state index < -0.39 is 5.76 Å². The van der Waals surface area contributed by atoms with Gasteiger partial charge in [-0.2, -0.15) is 4.57 Å². The lowest BCUT2D eigenvalue weighted by atomic mass is 9.91. The molecule has 0 aromatic carbocycles. The molecule has 2 rings (SSSR count). The molecular formula is C15H25BN2O4. The van der Waals surface area contributed by atoms with Crippen LogP contribution in [0.3, 0.4) is 0 Å². The van der Waals surface area contributed by atoms with Crippen LogP contribution in [0, 0.1) is 11.8 Å². The third-order valence-electron chi connectivity index (χ3n) is 4.37. The number of hydrogen-bond acceptors (Lipinski definition) is 5. The van der Waals surface area contributed by atoms with Gasteiger partial charge in [0.25, 0.3) is 0 Å². The molecule has 0 saturated heterocycles. The second-order valence-corrected chi connectivity index (χ2v) is 6.01. The Kier molecular flexibility index (Phi) is 5.88. The molecule has 0 bridgehead atoms. The summed E-state index contributed by atoms with van der Waals surface area (Å²) < 4.78 is 11.5. The van der Waals surface area contributed by atoms with Crippen molar-refractivity contribution in [2.24, 2.45) is 11.8 Å². The lowest BCUT2D eigenvalue weighted by Gasteiger charge is -2.25. The number of rotatable bonds is 9.